The number of benzene rings is 1. The first-order valence-corrected chi connectivity index (χ1v) is 10.4. The van der Waals surface area contributed by atoms with E-state index in [0.717, 1.165) is 48.8 Å². The Bertz CT molecular complexity index is 1120. The molecule has 0 aliphatic heterocycles. The van der Waals surface area contributed by atoms with E-state index >= 15 is 0 Å². The van der Waals surface area contributed by atoms with E-state index in [1.807, 2.05) is 32.0 Å². The Hall–Kier alpha value is -2.89. The number of H-pyrrole nitrogens is 1. The summed E-state index contributed by atoms with van der Waals surface area (Å²) in [5, 5.41) is 4.50. The Morgan fingerprint density at radius 1 is 1.28 bits per heavy atom. The molecule has 152 valence electrons. The average molecular weight is 393 g/mol. The van der Waals surface area contributed by atoms with Gasteiger partial charge in [0.15, 0.2) is 5.69 Å². The number of nitrogens with one attached hydrogen (secondary N) is 1. The van der Waals surface area contributed by atoms with E-state index in [1.165, 1.54) is 5.56 Å². The monoisotopic (exact) mass is 393 g/mol. The van der Waals surface area contributed by atoms with Gasteiger partial charge in [-0.15, -0.1) is 0 Å². The lowest BCUT2D eigenvalue weighted by Crippen LogP contribution is -2.18. The number of fused-ring (bicyclic) bond motifs is 1. The number of aryl methyl sites for hydroxylation is 2. The number of esters is 1. The van der Waals surface area contributed by atoms with Crippen molar-refractivity contribution in [2.75, 3.05) is 6.61 Å². The van der Waals surface area contributed by atoms with Crippen LogP contribution in [-0.2, 0) is 4.74 Å². The third-order valence-corrected chi connectivity index (χ3v) is 5.92. The van der Waals surface area contributed by atoms with Crippen LogP contribution in [0.3, 0.4) is 0 Å². The van der Waals surface area contributed by atoms with Crippen molar-refractivity contribution in [3.05, 3.63) is 57.1 Å². The zero-order chi connectivity index (χ0) is 20.5. The quantitative estimate of drug-likeness (QED) is 0.493. The Morgan fingerprint density at radius 3 is 2.72 bits per heavy atom. The van der Waals surface area contributed by atoms with Crippen molar-refractivity contribution in [3.8, 4) is 11.3 Å². The van der Waals surface area contributed by atoms with Crippen molar-refractivity contribution >= 4 is 11.5 Å². The van der Waals surface area contributed by atoms with Gasteiger partial charge in [-0.2, -0.15) is 5.10 Å². The molecule has 0 radical (unpaired) electrons. The second-order valence-corrected chi connectivity index (χ2v) is 7.97. The second kappa shape index (κ2) is 7.85. The SMILES string of the molecule is CCCCOC(=O)c1nn2cc(-c3ccc(C)c(C)c3)[nH]c(=O)c2c1C1CCC1. The molecular weight excluding hydrogens is 366 g/mol. The molecule has 0 unspecified atom stereocenters. The largest absolute Gasteiger partial charge is 0.461 e. The molecule has 2 aromatic heterocycles. The van der Waals surface area contributed by atoms with Gasteiger partial charge in [0.2, 0.25) is 0 Å². The van der Waals surface area contributed by atoms with Crippen molar-refractivity contribution in [1.82, 2.24) is 14.6 Å². The Morgan fingerprint density at radius 2 is 2.07 bits per heavy atom. The van der Waals surface area contributed by atoms with E-state index in [2.05, 4.69) is 17.0 Å². The van der Waals surface area contributed by atoms with Crippen molar-refractivity contribution in [2.24, 2.45) is 0 Å². The summed E-state index contributed by atoms with van der Waals surface area (Å²) in [6.45, 7) is 6.52. The molecule has 4 rings (SSSR count). The van der Waals surface area contributed by atoms with Crippen LogP contribution in [0.15, 0.2) is 29.2 Å². The maximum Gasteiger partial charge on any atom is 0.359 e. The van der Waals surface area contributed by atoms with E-state index in [-0.39, 0.29) is 17.2 Å². The summed E-state index contributed by atoms with van der Waals surface area (Å²) in [7, 11) is 0. The van der Waals surface area contributed by atoms with Gasteiger partial charge in [-0.05, 0) is 61.8 Å². The second-order valence-electron chi connectivity index (χ2n) is 7.97. The molecule has 1 fully saturated rings. The number of carbonyl (C=O) groups excluding carboxylic acids is 1. The van der Waals surface area contributed by atoms with Crippen LogP contribution in [0.1, 0.15) is 72.1 Å². The molecule has 1 aliphatic rings. The van der Waals surface area contributed by atoms with Crippen LogP contribution < -0.4 is 5.56 Å². The number of hydrogen-bond acceptors (Lipinski definition) is 4. The number of nitrogens with zero attached hydrogens (tertiary/aromatic N) is 2. The summed E-state index contributed by atoms with van der Waals surface area (Å²) < 4.78 is 6.98. The molecule has 3 aromatic rings. The summed E-state index contributed by atoms with van der Waals surface area (Å²) in [5.41, 5.74) is 5.21. The standard InChI is InChI=1S/C23H27N3O3/c1-4-5-11-29-23(28)20-19(16-7-6-8-16)21-22(27)24-18(13-26(21)25-20)17-10-9-14(2)15(3)12-17/h9-10,12-13,16H,4-8,11H2,1-3H3,(H,24,27). The molecule has 6 heteroatoms. The minimum absolute atomic E-state index is 0.190. The highest BCUT2D eigenvalue weighted by Crippen LogP contribution is 2.39. The van der Waals surface area contributed by atoms with Crippen LogP contribution in [0.4, 0.5) is 0 Å². The first kappa shape index (κ1) is 19.4. The summed E-state index contributed by atoms with van der Waals surface area (Å²) in [6, 6.07) is 6.06. The number of ether oxygens (including phenoxy) is 1. The molecule has 0 atom stereocenters. The van der Waals surface area contributed by atoms with Gasteiger partial charge >= 0.3 is 5.97 Å². The first-order chi connectivity index (χ1) is 14.0. The maximum atomic E-state index is 13.0. The van der Waals surface area contributed by atoms with Crippen molar-refractivity contribution < 1.29 is 9.53 Å². The minimum Gasteiger partial charge on any atom is -0.461 e. The zero-order valence-electron chi connectivity index (χ0n) is 17.2. The third kappa shape index (κ3) is 3.59. The number of rotatable bonds is 6. The van der Waals surface area contributed by atoms with Crippen LogP contribution in [-0.4, -0.2) is 27.2 Å². The molecule has 1 saturated carbocycles. The molecule has 0 spiro atoms. The van der Waals surface area contributed by atoms with Gasteiger partial charge in [-0.3, -0.25) is 4.79 Å². The highest BCUT2D eigenvalue weighted by Gasteiger charge is 2.32. The molecule has 6 nitrogen and oxygen atoms in total. The Labute approximate surface area is 169 Å². The Kier molecular flexibility index (Phi) is 5.26. The summed E-state index contributed by atoms with van der Waals surface area (Å²) >= 11 is 0. The predicted octanol–water partition coefficient (Wildman–Crippen LogP) is 4.53. The van der Waals surface area contributed by atoms with Crippen molar-refractivity contribution in [1.29, 1.82) is 0 Å². The lowest BCUT2D eigenvalue weighted by Gasteiger charge is -2.25. The van der Waals surface area contributed by atoms with E-state index in [4.69, 9.17) is 4.74 Å². The molecule has 1 N–H and O–H groups in total. The van der Waals surface area contributed by atoms with Crippen LogP contribution in [0, 0.1) is 13.8 Å². The highest BCUT2D eigenvalue weighted by molar-refractivity contribution is 5.92. The zero-order valence-corrected chi connectivity index (χ0v) is 17.2. The summed E-state index contributed by atoms with van der Waals surface area (Å²) in [5.74, 6) is -0.244. The molecule has 2 heterocycles. The normalized spacial score (nSPS) is 14.2. The van der Waals surface area contributed by atoms with Crippen LogP contribution in [0.5, 0.6) is 0 Å². The van der Waals surface area contributed by atoms with Crippen LogP contribution >= 0.6 is 0 Å². The molecule has 0 amide bonds. The van der Waals surface area contributed by atoms with Gasteiger partial charge in [0.25, 0.3) is 5.56 Å². The smallest absolute Gasteiger partial charge is 0.359 e. The number of aromatic amines is 1. The predicted molar refractivity (Wildman–Crippen MR) is 113 cm³/mol. The topological polar surface area (TPSA) is 76.5 Å². The fourth-order valence-electron chi connectivity index (χ4n) is 3.77. The van der Waals surface area contributed by atoms with Crippen LogP contribution in [0.25, 0.3) is 16.8 Å². The number of carbonyl (C=O) groups is 1. The lowest BCUT2D eigenvalue weighted by molar-refractivity contribution is 0.0490. The first-order valence-electron chi connectivity index (χ1n) is 10.4. The number of aromatic nitrogens is 3. The van der Waals surface area contributed by atoms with Gasteiger partial charge in [0.1, 0.15) is 5.52 Å². The Balaban J connectivity index is 1.82. The summed E-state index contributed by atoms with van der Waals surface area (Å²) in [6.07, 6.45) is 6.60. The third-order valence-electron chi connectivity index (χ3n) is 5.92. The molecule has 0 saturated heterocycles. The fourth-order valence-corrected chi connectivity index (χ4v) is 3.77. The van der Waals surface area contributed by atoms with Gasteiger partial charge in [0.05, 0.1) is 18.5 Å². The highest BCUT2D eigenvalue weighted by atomic mass is 16.5. The van der Waals surface area contributed by atoms with Gasteiger partial charge in [-0.25, -0.2) is 9.31 Å². The average Bonchev–Trinajstić information content (AvgIpc) is 3.02. The molecule has 0 bridgehead atoms. The van der Waals surface area contributed by atoms with E-state index in [0.29, 0.717) is 17.8 Å². The van der Waals surface area contributed by atoms with Gasteiger partial charge in [0, 0.05) is 5.56 Å². The molecule has 1 aromatic carbocycles. The number of unbranched alkanes of at least 4 members (excludes halogenated alkanes) is 1. The van der Waals surface area contributed by atoms with Crippen molar-refractivity contribution in [3.63, 3.8) is 0 Å². The van der Waals surface area contributed by atoms with Crippen molar-refractivity contribution in [2.45, 2.75) is 58.8 Å². The molecular formula is C23H27N3O3. The summed E-state index contributed by atoms with van der Waals surface area (Å²) in [4.78, 5) is 28.7. The van der Waals surface area contributed by atoms with Crippen LogP contribution in [0.2, 0.25) is 0 Å². The van der Waals surface area contributed by atoms with E-state index in [9.17, 15) is 9.59 Å². The van der Waals surface area contributed by atoms with E-state index in [1.54, 1.807) is 10.7 Å². The van der Waals surface area contributed by atoms with E-state index < -0.39 is 5.97 Å². The lowest BCUT2D eigenvalue weighted by atomic mass is 9.79. The molecule has 29 heavy (non-hydrogen) atoms. The maximum absolute atomic E-state index is 13.0. The van der Waals surface area contributed by atoms with Gasteiger partial charge < -0.3 is 9.72 Å². The number of hydrogen-bond donors (Lipinski definition) is 1. The molecule has 1 aliphatic carbocycles. The fraction of sp³-hybridized carbons (Fsp3) is 0.435. The van der Waals surface area contributed by atoms with Gasteiger partial charge in [-0.1, -0.05) is 31.9 Å². The minimum atomic E-state index is -0.434.